The summed E-state index contributed by atoms with van der Waals surface area (Å²) >= 11 is 0. The van der Waals surface area contributed by atoms with Gasteiger partial charge in [-0.05, 0) is 52.1 Å². The summed E-state index contributed by atoms with van der Waals surface area (Å²) in [6.45, 7) is 4.96. The number of nitrogens with two attached hydrogens (primary N) is 4. The molecule has 0 saturated heterocycles. The predicted molar refractivity (Wildman–Crippen MR) is 110 cm³/mol. The van der Waals surface area contributed by atoms with E-state index in [1.54, 1.807) is 0 Å². The van der Waals surface area contributed by atoms with E-state index in [2.05, 4.69) is 10.3 Å². The summed E-state index contributed by atoms with van der Waals surface area (Å²) < 4.78 is 13.7. The minimum absolute atomic E-state index is 0.0734. The Morgan fingerprint density at radius 1 is 1.00 bits per heavy atom. The Bertz CT molecular complexity index is 471. The van der Waals surface area contributed by atoms with Crippen LogP contribution in [0.1, 0.15) is 51.9 Å². The van der Waals surface area contributed by atoms with Gasteiger partial charge in [-0.15, -0.1) is 0 Å². The fraction of sp³-hybridized carbons (Fsp3) is 0.833. The van der Waals surface area contributed by atoms with Crippen molar-refractivity contribution < 1.29 is 14.0 Å². The number of rotatable bonds is 17. The van der Waals surface area contributed by atoms with E-state index < -0.39 is 18.0 Å². The van der Waals surface area contributed by atoms with Gasteiger partial charge in [-0.3, -0.25) is 14.6 Å². The highest BCUT2D eigenvalue weighted by Gasteiger charge is 2.28. The van der Waals surface area contributed by atoms with Gasteiger partial charge in [0, 0.05) is 25.7 Å². The maximum Gasteiger partial charge on any atom is 0.267 e. The number of alkyl halides is 1. The Morgan fingerprint density at radius 3 is 2.18 bits per heavy atom. The van der Waals surface area contributed by atoms with Gasteiger partial charge in [0.1, 0.15) is 0 Å². The molecule has 0 radical (unpaired) electrons. The molecule has 0 aromatic carbocycles. The quantitative estimate of drug-likeness (QED) is 0.0957. The van der Waals surface area contributed by atoms with Gasteiger partial charge >= 0.3 is 0 Å². The highest BCUT2D eigenvalue weighted by atomic mass is 19.1. The number of carbonyl (C=O) groups is 2. The molecule has 0 heterocycles. The number of hydrogen-bond donors (Lipinski definition) is 5. The van der Waals surface area contributed by atoms with E-state index in [4.69, 9.17) is 22.9 Å². The average molecular weight is 404 g/mol. The second-order valence-electron chi connectivity index (χ2n) is 7.03. The molecule has 0 rings (SSSR count). The van der Waals surface area contributed by atoms with Crippen molar-refractivity contribution in [2.45, 2.75) is 64.1 Å². The first-order chi connectivity index (χ1) is 13.3. The summed E-state index contributed by atoms with van der Waals surface area (Å²) in [4.78, 5) is 28.4. The number of aliphatic imine (C=N–C) groups is 1. The van der Waals surface area contributed by atoms with Crippen LogP contribution in [0, 0.1) is 0 Å². The van der Waals surface area contributed by atoms with Crippen molar-refractivity contribution in [2.75, 3.05) is 32.7 Å². The van der Waals surface area contributed by atoms with E-state index in [0.717, 1.165) is 45.2 Å². The summed E-state index contributed by atoms with van der Waals surface area (Å²) in [6.07, 6.45) is 3.48. The second kappa shape index (κ2) is 16.1. The summed E-state index contributed by atoms with van der Waals surface area (Å²) in [5.74, 6) is -2.02. The summed E-state index contributed by atoms with van der Waals surface area (Å²) in [7, 11) is 0. The van der Waals surface area contributed by atoms with E-state index in [1.165, 1.54) is 4.90 Å². The molecule has 2 atom stereocenters. The molecular formula is C18H38FN7O2. The molecule has 0 fully saturated rings. The number of amides is 2. The number of nitrogens with one attached hydrogen (secondary N) is 1. The molecule has 0 aliphatic carbocycles. The van der Waals surface area contributed by atoms with Crippen molar-refractivity contribution in [1.29, 1.82) is 0 Å². The lowest BCUT2D eigenvalue weighted by atomic mass is 10.1. The van der Waals surface area contributed by atoms with Gasteiger partial charge in [0.15, 0.2) is 5.96 Å². The maximum atomic E-state index is 13.7. The number of guanidine groups is 1. The third-order valence-electron chi connectivity index (χ3n) is 4.22. The molecule has 2 unspecified atom stereocenters. The zero-order valence-electron chi connectivity index (χ0n) is 17.0. The van der Waals surface area contributed by atoms with Gasteiger partial charge in [0.05, 0.1) is 0 Å². The first kappa shape index (κ1) is 26.1. The van der Waals surface area contributed by atoms with Crippen molar-refractivity contribution in [1.82, 2.24) is 10.2 Å². The average Bonchev–Trinajstić information content (AvgIpc) is 2.62. The van der Waals surface area contributed by atoms with E-state index in [-0.39, 0.29) is 12.0 Å². The number of carbonyl (C=O) groups excluding carboxylic acids is 2. The Balaban J connectivity index is 4.20. The van der Waals surface area contributed by atoms with E-state index in [1.807, 2.05) is 6.92 Å². The van der Waals surface area contributed by atoms with Crippen LogP contribution in [0.25, 0.3) is 0 Å². The van der Waals surface area contributed by atoms with Crippen molar-refractivity contribution in [3.8, 4) is 0 Å². The van der Waals surface area contributed by atoms with Gasteiger partial charge < -0.3 is 33.2 Å². The summed E-state index contributed by atoms with van der Waals surface area (Å²) in [6, 6.07) is 0.162. The van der Waals surface area contributed by atoms with E-state index in [9.17, 15) is 14.0 Å². The third-order valence-corrected chi connectivity index (χ3v) is 4.22. The Hall–Kier alpha value is -1.94. The zero-order valence-corrected chi connectivity index (χ0v) is 17.0. The van der Waals surface area contributed by atoms with Crippen molar-refractivity contribution in [2.24, 2.45) is 27.9 Å². The minimum Gasteiger partial charge on any atom is -0.370 e. The standard InChI is InChI=1S/C18H38FN7O2/c1-14(20)8-11-24-9-5-7-13-26(17(28)15(19)16(21)27)12-6-3-2-4-10-25-18(22)23/h14-15,24H,2-13,20H2,1H3,(H2,21,27)(H4,22,23,25). The first-order valence-corrected chi connectivity index (χ1v) is 9.99. The first-order valence-electron chi connectivity index (χ1n) is 9.99. The molecule has 0 spiro atoms. The Labute approximate surface area is 167 Å². The minimum atomic E-state index is -2.29. The molecule has 28 heavy (non-hydrogen) atoms. The fourth-order valence-electron chi connectivity index (χ4n) is 2.60. The lowest BCUT2D eigenvalue weighted by Crippen LogP contribution is -2.44. The van der Waals surface area contributed by atoms with E-state index >= 15 is 0 Å². The Morgan fingerprint density at radius 2 is 1.61 bits per heavy atom. The molecule has 0 aromatic heterocycles. The number of hydrogen-bond acceptors (Lipinski definition) is 5. The molecule has 2 amide bonds. The van der Waals surface area contributed by atoms with Gasteiger partial charge in [-0.1, -0.05) is 12.8 Å². The summed E-state index contributed by atoms with van der Waals surface area (Å²) in [5, 5.41) is 3.28. The molecular weight excluding hydrogens is 365 g/mol. The van der Waals surface area contributed by atoms with Gasteiger partial charge in [0.2, 0.25) is 0 Å². The molecule has 0 bridgehead atoms. The lowest BCUT2D eigenvalue weighted by Gasteiger charge is -2.23. The van der Waals surface area contributed by atoms with Crippen LogP contribution in [0.5, 0.6) is 0 Å². The van der Waals surface area contributed by atoms with Crippen LogP contribution in [-0.2, 0) is 9.59 Å². The molecule has 0 aliphatic rings. The lowest BCUT2D eigenvalue weighted by molar-refractivity contribution is -0.142. The highest BCUT2D eigenvalue weighted by molar-refractivity contribution is 6.02. The van der Waals surface area contributed by atoms with Gasteiger partial charge in [-0.2, -0.15) is 0 Å². The fourth-order valence-corrected chi connectivity index (χ4v) is 2.60. The van der Waals surface area contributed by atoms with Crippen molar-refractivity contribution >= 4 is 17.8 Å². The normalized spacial score (nSPS) is 13.0. The molecule has 9 N–H and O–H groups in total. The molecule has 10 heteroatoms. The second-order valence-corrected chi connectivity index (χ2v) is 7.03. The highest BCUT2D eigenvalue weighted by Crippen LogP contribution is 2.07. The molecule has 0 saturated carbocycles. The van der Waals surface area contributed by atoms with Gasteiger partial charge in [0.25, 0.3) is 18.0 Å². The number of primary amides is 1. The van der Waals surface area contributed by atoms with Crippen LogP contribution in [0.4, 0.5) is 4.39 Å². The topological polar surface area (TPSA) is 166 Å². The number of unbranched alkanes of at least 4 members (excludes halogenated alkanes) is 4. The predicted octanol–water partition coefficient (Wildman–Crippen LogP) is -0.421. The van der Waals surface area contributed by atoms with Crippen LogP contribution in [0.3, 0.4) is 0 Å². The van der Waals surface area contributed by atoms with Crippen molar-refractivity contribution in [3.63, 3.8) is 0 Å². The Kier molecular flexibility index (Phi) is 14.9. The summed E-state index contributed by atoms with van der Waals surface area (Å²) in [5.41, 5.74) is 21.1. The maximum absolute atomic E-state index is 13.7. The molecule has 0 aliphatic heterocycles. The monoisotopic (exact) mass is 403 g/mol. The van der Waals surface area contributed by atoms with Crippen LogP contribution in [0.2, 0.25) is 0 Å². The molecule has 164 valence electrons. The smallest absolute Gasteiger partial charge is 0.267 e. The third kappa shape index (κ3) is 14.2. The van der Waals surface area contributed by atoms with E-state index in [0.29, 0.717) is 32.5 Å². The van der Waals surface area contributed by atoms with Crippen LogP contribution >= 0.6 is 0 Å². The largest absolute Gasteiger partial charge is 0.370 e. The number of halogens is 1. The van der Waals surface area contributed by atoms with Crippen LogP contribution in [0.15, 0.2) is 4.99 Å². The van der Waals surface area contributed by atoms with Crippen LogP contribution < -0.4 is 28.3 Å². The molecule has 0 aromatic rings. The van der Waals surface area contributed by atoms with Crippen LogP contribution in [-0.4, -0.2) is 67.6 Å². The SMILES string of the molecule is CC(N)CCNCCCCN(CCCCCCN=C(N)N)C(=O)C(F)C(N)=O. The number of nitrogens with zero attached hydrogens (tertiary/aromatic N) is 2. The van der Waals surface area contributed by atoms with Crippen molar-refractivity contribution in [3.05, 3.63) is 0 Å². The van der Waals surface area contributed by atoms with Gasteiger partial charge in [-0.25, -0.2) is 4.39 Å². The zero-order chi connectivity index (χ0) is 21.4. The molecule has 9 nitrogen and oxygen atoms in total.